The van der Waals surface area contributed by atoms with Gasteiger partial charge >= 0.3 is 0 Å². The van der Waals surface area contributed by atoms with Crippen LogP contribution in [-0.2, 0) is 6.61 Å². The Morgan fingerprint density at radius 2 is 1.53 bits per heavy atom. The van der Waals surface area contributed by atoms with Gasteiger partial charge in [0.1, 0.15) is 12.4 Å². The molecule has 2 N–H and O–H groups in total. The van der Waals surface area contributed by atoms with Crippen LogP contribution in [0, 0.1) is 27.7 Å². The second-order valence-corrected chi connectivity index (χ2v) is 5.08. The Morgan fingerprint density at radius 3 is 2.16 bits per heavy atom. The van der Waals surface area contributed by atoms with Crippen LogP contribution in [0.25, 0.3) is 0 Å². The van der Waals surface area contributed by atoms with Gasteiger partial charge < -0.3 is 10.5 Å². The van der Waals surface area contributed by atoms with E-state index >= 15 is 0 Å². The molecule has 0 aromatic heterocycles. The van der Waals surface area contributed by atoms with Crippen LogP contribution in [0.5, 0.6) is 5.75 Å². The van der Waals surface area contributed by atoms with Gasteiger partial charge in [0.15, 0.2) is 0 Å². The summed E-state index contributed by atoms with van der Waals surface area (Å²) in [5.41, 5.74) is 12.6. The maximum absolute atomic E-state index is 6.02. The van der Waals surface area contributed by atoms with Gasteiger partial charge in [-0.25, -0.2) is 0 Å². The van der Waals surface area contributed by atoms with Crippen LogP contribution in [0.3, 0.4) is 0 Å². The van der Waals surface area contributed by atoms with Gasteiger partial charge in [0.05, 0.1) is 0 Å². The first-order valence-electron chi connectivity index (χ1n) is 6.54. The summed E-state index contributed by atoms with van der Waals surface area (Å²) in [5.74, 6) is 0.905. The summed E-state index contributed by atoms with van der Waals surface area (Å²) >= 11 is 0. The number of hydrogen-bond donors (Lipinski definition) is 1. The Morgan fingerprint density at radius 1 is 0.895 bits per heavy atom. The quantitative estimate of drug-likeness (QED) is 0.839. The number of nitrogens with two attached hydrogens (primary N) is 1. The monoisotopic (exact) mass is 255 g/mol. The van der Waals surface area contributed by atoms with Crippen LogP contribution in [0.15, 0.2) is 30.3 Å². The fraction of sp³-hybridized carbons (Fsp3) is 0.294. The molecule has 2 rings (SSSR count). The molecule has 0 saturated carbocycles. The van der Waals surface area contributed by atoms with Crippen molar-refractivity contribution in [3.63, 3.8) is 0 Å². The number of aryl methyl sites for hydroxylation is 3. The lowest BCUT2D eigenvalue weighted by molar-refractivity contribution is 0.300. The van der Waals surface area contributed by atoms with Gasteiger partial charge in [0.25, 0.3) is 0 Å². The van der Waals surface area contributed by atoms with E-state index in [0.29, 0.717) is 6.61 Å². The summed E-state index contributed by atoms with van der Waals surface area (Å²) in [5, 5.41) is 0. The molecule has 19 heavy (non-hydrogen) atoms. The topological polar surface area (TPSA) is 35.2 Å². The fourth-order valence-electron chi connectivity index (χ4n) is 2.29. The molecule has 2 nitrogen and oxygen atoms in total. The van der Waals surface area contributed by atoms with Crippen LogP contribution >= 0.6 is 0 Å². The molecule has 0 radical (unpaired) electrons. The van der Waals surface area contributed by atoms with Crippen molar-refractivity contribution in [3.8, 4) is 5.75 Å². The predicted molar refractivity (Wildman–Crippen MR) is 80.6 cm³/mol. The highest BCUT2D eigenvalue weighted by molar-refractivity contribution is 5.56. The molecular weight excluding hydrogens is 234 g/mol. The zero-order valence-electron chi connectivity index (χ0n) is 12.1. The largest absolute Gasteiger partial charge is 0.488 e. The molecule has 2 aromatic rings. The standard InChI is InChI=1S/C17H21NO/c1-11-6-5-7-12(2)15(11)10-19-17-13(3)8-9-16(18)14(17)4/h5-9H,10,18H2,1-4H3. The Balaban J connectivity index is 2.27. The van der Waals surface area contributed by atoms with Crippen molar-refractivity contribution < 1.29 is 4.74 Å². The fourth-order valence-corrected chi connectivity index (χ4v) is 2.29. The number of anilines is 1. The average Bonchev–Trinajstić information content (AvgIpc) is 2.37. The van der Waals surface area contributed by atoms with Crippen LogP contribution in [0.4, 0.5) is 5.69 Å². The lowest BCUT2D eigenvalue weighted by Gasteiger charge is -2.16. The van der Waals surface area contributed by atoms with Crippen molar-refractivity contribution >= 4 is 5.69 Å². The van der Waals surface area contributed by atoms with Gasteiger partial charge in [0, 0.05) is 11.3 Å². The molecule has 100 valence electrons. The molecule has 0 aliphatic carbocycles. The van der Waals surface area contributed by atoms with Crippen molar-refractivity contribution in [1.29, 1.82) is 0 Å². The third-order valence-corrected chi connectivity index (χ3v) is 3.65. The molecule has 0 fully saturated rings. The Hall–Kier alpha value is -1.96. The van der Waals surface area contributed by atoms with Crippen molar-refractivity contribution in [2.75, 3.05) is 5.73 Å². The molecule has 0 aliphatic rings. The third-order valence-electron chi connectivity index (χ3n) is 3.65. The molecule has 0 saturated heterocycles. The minimum absolute atomic E-state index is 0.587. The lowest BCUT2D eigenvalue weighted by atomic mass is 10.0. The maximum Gasteiger partial charge on any atom is 0.127 e. The summed E-state index contributed by atoms with van der Waals surface area (Å²) in [6.45, 7) is 8.87. The molecule has 2 heteroatoms. The van der Waals surface area contributed by atoms with E-state index in [9.17, 15) is 0 Å². The average molecular weight is 255 g/mol. The second-order valence-electron chi connectivity index (χ2n) is 5.08. The van der Waals surface area contributed by atoms with E-state index in [0.717, 1.165) is 22.6 Å². The van der Waals surface area contributed by atoms with Crippen molar-refractivity contribution in [1.82, 2.24) is 0 Å². The van der Waals surface area contributed by atoms with E-state index < -0.39 is 0 Å². The van der Waals surface area contributed by atoms with Gasteiger partial charge in [-0.1, -0.05) is 24.3 Å². The molecule has 0 unspecified atom stereocenters. The van der Waals surface area contributed by atoms with Crippen LogP contribution < -0.4 is 10.5 Å². The zero-order valence-corrected chi connectivity index (χ0v) is 12.1. The molecule has 0 heterocycles. The highest BCUT2D eigenvalue weighted by Gasteiger charge is 2.09. The first-order chi connectivity index (χ1) is 9.00. The normalized spacial score (nSPS) is 10.5. The van der Waals surface area contributed by atoms with E-state index in [2.05, 4.69) is 32.0 Å². The van der Waals surface area contributed by atoms with Gasteiger partial charge in [-0.2, -0.15) is 0 Å². The van der Waals surface area contributed by atoms with Gasteiger partial charge in [-0.05, 0) is 56.0 Å². The highest BCUT2D eigenvalue weighted by Crippen LogP contribution is 2.29. The van der Waals surface area contributed by atoms with E-state index in [-0.39, 0.29) is 0 Å². The lowest BCUT2D eigenvalue weighted by Crippen LogP contribution is -2.04. The van der Waals surface area contributed by atoms with Crippen molar-refractivity contribution in [2.24, 2.45) is 0 Å². The number of ether oxygens (including phenoxy) is 1. The van der Waals surface area contributed by atoms with E-state index in [1.807, 2.05) is 26.0 Å². The Kier molecular flexibility index (Phi) is 3.79. The molecule has 2 aromatic carbocycles. The smallest absolute Gasteiger partial charge is 0.127 e. The molecule has 0 atom stereocenters. The van der Waals surface area contributed by atoms with Gasteiger partial charge in [-0.15, -0.1) is 0 Å². The van der Waals surface area contributed by atoms with Crippen LogP contribution in [0.2, 0.25) is 0 Å². The first kappa shape index (κ1) is 13.5. The minimum Gasteiger partial charge on any atom is -0.488 e. The number of rotatable bonds is 3. The van der Waals surface area contributed by atoms with Crippen LogP contribution in [-0.4, -0.2) is 0 Å². The van der Waals surface area contributed by atoms with Crippen LogP contribution in [0.1, 0.15) is 27.8 Å². The summed E-state index contributed by atoms with van der Waals surface area (Å²) < 4.78 is 6.02. The van der Waals surface area contributed by atoms with Crippen molar-refractivity contribution in [3.05, 3.63) is 58.1 Å². The molecule has 0 aliphatic heterocycles. The predicted octanol–water partition coefficient (Wildman–Crippen LogP) is 4.08. The summed E-state index contributed by atoms with van der Waals surface area (Å²) in [6, 6.07) is 10.2. The minimum atomic E-state index is 0.587. The summed E-state index contributed by atoms with van der Waals surface area (Å²) in [7, 11) is 0. The summed E-state index contributed by atoms with van der Waals surface area (Å²) in [4.78, 5) is 0. The molecule has 0 spiro atoms. The molecule has 0 bridgehead atoms. The second kappa shape index (κ2) is 5.35. The highest BCUT2D eigenvalue weighted by atomic mass is 16.5. The SMILES string of the molecule is Cc1cccc(C)c1COc1c(C)ccc(N)c1C. The number of hydrogen-bond acceptors (Lipinski definition) is 2. The summed E-state index contributed by atoms with van der Waals surface area (Å²) in [6.07, 6.45) is 0. The first-order valence-corrected chi connectivity index (χ1v) is 6.54. The molecular formula is C17H21NO. The van der Waals surface area contributed by atoms with Crippen molar-refractivity contribution in [2.45, 2.75) is 34.3 Å². The zero-order chi connectivity index (χ0) is 14.0. The number of benzene rings is 2. The number of nitrogen functional groups attached to an aromatic ring is 1. The van der Waals surface area contributed by atoms with Gasteiger partial charge in [0.2, 0.25) is 0 Å². The molecule has 0 amide bonds. The third kappa shape index (κ3) is 2.73. The Labute approximate surface area is 115 Å². The Bertz CT molecular complexity index is 582. The maximum atomic E-state index is 6.02. The van der Waals surface area contributed by atoms with E-state index in [1.54, 1.807) is 0 Å². The van der Waals surface area contributed by atoms with E-state index in [4.69, 9.17) is 10.5 Å². The van der Waals surface area contributed by atoms with E-state index in [1.165, 1.54) is 16.7 Å². The van der Waals surface area contributed by atoms with Gasteiger partial charge in [-0.3, -0.25) is 0 Å².